The summed E-state index contributed by atoms with van der Waals surface area (Å²) in [5, 5.41) is 17.5. The van der Waals surface area contributed by atoms with Crippen molar-refractivity contribution in [3.05, 3.63) is 39.3 Å². The van der Waals surface area contributed by atoms with Crippen molar-refractivity contribution in [2.45, 2.75) is 63.5 Å². The number of nitro groups is 1. The molecule has 0 unspecified atom stereocenters. The maximum absolute atomic E-state index is 12.6. The quantitative estimate of drug-likeness (QED) is 0.523. The summed E-state index contributed by atoms with van der Waals surface area (Å²) in [6, 6.07) is 1.63. The van der Waals surface area contributed by atoms with Crippen LogP contribution in [-0.4, -0.2) is 51.5 Å². The number of hydrogen-bond donors (Lipinski definition) is 2. The molecule has 2 N–H and O–H groups in total. The lowest BCUT2D eigenvalue weighted by atomic mass is 9.91. The van der Waals surface area contributed by atoms with E-state index in [9.17, 15) is 14.9 Å². The summed E-state index contributed by atoms with van der Waals surface area (Å²) in [6.07, 6.45) is 9.23. The predicted octanol–water partition coefficient (Wildman–Crippen LogP) is 2.82. The third-order valence-electron chi connectivity index (χ3n) is 6.41. The second kappa shape index (κ2) is 9.13. The van der Waals surface area contributed by atoms with Gasteiger partial charge in [0.15, 0.2) is 0 Å². The maximum atomic E-state index is 12.6. The number of nitrogens with zero attached hydrogens (tertiary/aromatic N) is 5. The second-order valence-electron chi connectivity index (χ2n) is 9.02. The molecule has 4 rings (SSSR count). The smallest absolute Gasteiger partial charge is 0.287 e. The van der Waals surface area contributed by atoms with Crippen LogP contribution in [0.3, 0.4) is 0 Å². The van der Waals surface area contributed by atoms with Crippen molar-refractivity contribution >= 4 is 23.4 Å². The summed E-state index contributed by atoms with van der Waals surface area (Å²) in [5.74, 6) is 1.43. The third kappa shape index (κ3) is 4.68. The van der Waals surface area contributed by atoms with Crippen LogP contribution in [0.1, 0.15) is 60.3 Å². The molecule has 10 heteroatoms. The lowest BCUT2D eigenvalue weighted by Crippen LogP contribution is -2.40. The average Bonchev–Trinajstić information content (AvgIpc) is 3.16. The number of amides is 1. The summed E-state index contributed by atoms with van der Waals surface area (Å²) in [4.78, 5) is 34.7. The SMILES string of the molecule is CN(C)c1nc(N[C@H]2CC[C@@H](NC(=O)c3cc([N+](=O)[O-])cn3C)CC2)nc2c1CCCC2. The van der Waals surface area contributed by atoms with Crippen molar-refractivity contribution < 1.29 is 9.72 Å². The predicted molar refractivity (Wildman–Crippen MR) is 122 cm³/mol. The van der Waals surface area contributed by atoms with Crippen molar-refractivity contribution in [3.8, 4) is 0 Å². The molecule has 1 fully saturated rings. The number of nitrogens with one attached hydrogen (secondary N) is 2. The standard InChI is InChI=1S/C22H31N7O3/c1-27(2)20-17-6-4-5-7-18(17)25-22(26-20)24-15-10-8-14(9-11-15)23-21(30)19-12-16(29(31)32)13-28(19)3/h12-15H,4-11H2,1-3H3,(H,23,30)(H,24,25,26)/t14-,15+. The number of anilines is 2. The van der Waals surface area contributed by atoms with E-state index < -0.39 is 4.92 Å². The average molecular weight is 442 g/mol. The van der Waals surface area contributed by atoms with E-state index in [1.54, 1.807) is 7.05 Å². The third-order valence-corrected chi connectivity index (χ3v) is 6.41. The van der Waals surface area contributed by atoms with Gasteiger partial charge in [-0.15, -0.1) is 0 Å². The molecule has 10 nitrogen and oxygen atoms in total. The Morgan fingerprint density at radius 1 is 1.16 bits per heavy atom. The zero-order valence-corrected chi connectivity index (χ0v) is 18.9. The molecular weight excluding hydrogens is 410 g/mol. The molecule has 0 spiro atoms. The van der Waals surface area contributed by atoms with Gasteiger partial charge in [0.1, 0.15) is 11.5 Å². The van der Waals surface area contributed by atoms with Gasteiger partial charge in [-0.25, -0.2) is 4.98 Å². The van der Waals surface area contributed by atoms with Crippen LogP contribution >= 0.6 is 0 Å². The van der Waals surface area contributed by atoms with Crippen molar-refractivity contribution in [2.75, 3.05) is 24.3 Å². The maximum Gasteiger partial charge on any atom is 0.287 e. The Hall–Kier alpha value is -3.17. The minimum atomic E-state index is -0.488. The van der Waals surface area contributed by atoms with Crippen LogP contribution in [0.4, 0.5) is 17.5 Å². The van der Waals surface area contributed by atoms with E-state index in [1.807, 2.05) is 14.1 Å². The first-order chi connectivity index (χ1) is 15.3. The molecule has 0 saturated heterocycles. The van der Waals surface area contributed by atoms with E-state index >= 15 is 0 Å². The highest BCUT2D eigenvalue weighted by Gasteiger charge is 2.26. The van der Waals surface area contributed by atoms with Gasteiger partial charge in [-0.3, -0.25) is 14.9 Å². The molecule has 2 aliphatic carbocycles. The van der Waals surface area contributed by atoms with Gasteiger partial charge in [0, 0.05) is 44.9 Å². The van der Waals surface area contributed by atoms with E-state index in [1.165, 1.54) is 35.2 Å². The molecule has 0 aromatic carbocycles. The first-order valence-electron chi connectivity index (χ1n) is 11.3. The van der Waals surface area contributed by atoms with Crippen LogP contribution in [0.2, 0.25) is 0 Å². The molecule has 1 saturated carbocycles. The number of carbonyl (C=O) groups is 1. The van der Waals surface area contributed by atoms with Crippen molar-refractivity contribution in [2.24, 2.45) is 7.05 Å². The van der Waals surface area contributed by atoms with Crippen LogP contribution in [0.25, 0.3) is 0 Å². The number of aryl methyl sites for hydroxylation is 2. The Morgan fingerprint density at radius 3 is 2.50 bits per heavy atom. The minimum Gasteiger partial charge on any atom is -0.362 e. The molecule has 0 radical (unpaired) electrons. The van der Waals surface area contributed by atoms with Crippen LogP contribution < -0.4 is 15.5 Å². The fraction of sp³-hybridized carbons (Fsp3) is 0.591. The topological polar surface area (TPSA) is 118 Å². The fourth-order valence-corrected chi connectivity index (χ4v) is 4.71. The molecule has 0 bridgehead atoms. The van der Waals surface area contributed by atoms with Gasteiger partial charge >= 0.3 is 0 Å². The highest BCUT2D eigenvalue weighted by molar-refractivity contribution is 5.93. The Bertz CT molecular complexity index is 1010. The summed E-state index contributed by atoms with van der Waals surface area (Å²) >= 11 is 0. The molecule has 172 valence electrons. The molecule has 2 aliphatic rings. The Balaban J connectivity index is 1.35. The molecule has 0 atom stereocenters. The lowest BCUT2D eigenvalue weighted by Gasteiger charge is -2.30. The van der Waals surface area contributed by atoms with Gasteiger partial charge in [-0.1, -0.05) is 0 Å². The monoisotopic (exact) mass is 441 g/mol. The highest BCUT2D eigenvalue weighted by atomic mass is 16.6. The number of carbonyl (C=O) groups excluding carboxylic acids is 1. The molecule has 2 aromatic rings. The molecule has 0 aliphatic heterocycles. The normalized spacial score (nSPS) is 20.3. The van der Waals surface area contributed by atoms with Gasteiger partial charge in [-0.05, 0) is 51.4 Å². The Kier molecular flexibility index (Phi) is 6.29. The van der Waals surface area contributed by atoms with Gasteiger partial charge in [-0.2, -0.15) is 4.98 Å². The number of aromatic nitrogens is 3. The van der Waals surface area contributed by atoms with Gasteiger partial charge < -0.3 is 20.1 Å². The van der Waals surface area contributed by atoms with E-state index in [0.29, 0.717) is 11.6 Å². The van der Waals surface area contributed by atoms with Crippen molar-refractivity contribution in [1.82, 2.24) is 19.9 Å². The summed E-state index contributed by atoms with van der Waals surface area (Å²) in [6.45, 7) is 0. The first kappa shape index (κ1) is 22.0. The van der Waals surface area contributed by atoms with E-state index in [2.05, 4.69) is 15.5 Å². The highest BCUT2D eigenvalue weighted by Crippen LogP contribution is 2.29. The van der Waals surface area contributed by atoms with Crippen LogP contribution in [0, 0.1) is 10.1 Å². The van der Waals surface area contributed by atoms with Gasteiger partial charge in [0.2, 0.25) is 5.95 Å². The number of rotatable bonds is 6. The lowest BCUT2D eigenvalue weighted by molar-refractivity contribution is -0.384. The summed E-state index contributed by atoms with van der Waals surface area (Å²) in [7, 11) is 5.69. The molecule has 2 heterocycles. The van der Waals surface area contributed by atoms with Crippen molar-refractivity contribution in [3.63, 3.8) is 0 Å². The number of fused-ring (bicyclic) bond motifs is 1. The zero-order chi connectivity index (χ0) is 22.8. The summed E-state index contributed by atoms with van der Waals surface area (Å²) < 4.78 is 1.50. The van der Waals surface area contributed by atoms with E-state index in [4.69, 9.17) is 9.97 Å². The fourth-order valence-electron chi connectivity index (χ4n) is 4.71. The first-order valence-corrected chi connectivity index (χ1v) is 11.3. The molecule has 2 aromatic heterocycles. The van der Waals surface area contributed by atoms with Gasteiger partial charge in [0.05, 0.1) is 16.8 Å². The Labute approximate surface area is 187 Å². The van der Waals surface area contributed by atoms with E-state index in [-0.39, 0.29) is 23.7 Å². The van der Waals surface area contributed by atoms with Crippen molar-refractivity contribution in [1.29, 1.82) is 0 Å². The molecular formula is C22H31N7O3. The van der Waals surface area contributed by atoms with Crippen LogP contribution in [0.5, 0.6) is 0 Å². The Morgan fingerprint density at radius 2 is 1.84 bits per heavy atom. The molecule has 32 heavy (non-hydrogen) atoms. The van der Waals surface area contributed by atoms with E-state index in [0.717, 1.165) is 50.0 Å². The molecule has 1 amide bonds. The van der Waals surface area contributed by atoms with Gasteiger partial charge in [0.25, 0.3) is 11.6 Å². The minimum absolute atomic E-state index is 0.0521. The summed E-state index contributed by atoms with van der Waals surface area (Å²) in [5.41, 5.74) is 2.66. The van der Waals surface area contributed by atoms with Crippen LogP contribution in [-0.2, 0) is 19.9 Å². The second-order valence-corrected chi connectivity index (χ2v) is 9.02. The largest absolute Gasteiger partial charge is 0.362 e. The zero-order valence-electron chi connectivity index (χ0n) is 18.9. The number of hydrogen-bond acceptors (Lipinski definition) is 7. The van der Waals surface area contributed by atoms with Crippen LogP contribution in [0.15, 0.2) is 12.3 Å².